The minimum atomic E-state index is -0.872. The van der Waals surface area contributed by atoms with E-state index >= 15 is 0 Å². The van der Waals surface area contributed by atoms with Crippen LogP contribution in [0.1, 0.15) is 37.4 Å². The third-order valence-corrected chi connectivity index (χ3v) is 8.56. The number of hydrogen-bond acceptors (Lipinski definition) is 9. The van der Waals surface area contributed by atoms with Crippen molar-refractivity contribution in [3.63, 3.8) is 0 Å². The van der Waals surface area contributed by atoms with E-state index in [0.29, 0.717) is 60.0 Å². The number of nitrogens with zero attached hydrogens (tertiary/aromatic N) is 2. The van der Waals surface area contributed by atoms with Crippen molar-refractivity contribution in [3.8, 4) is 17.2 Å². The van der Waals surface area contributed by atoms with E-state index in [4.69, 9.17) is 23.7 Å². The highest BCUT2D eigenvalue weighted by Crippen LogP contribution is 2.41. The molecule has 0 amide bonds. The van der Waals surface area contributed by atoms with Crippen molar-refractivity contribution in [2.75, 3.05) is 40.6 Å². The van der Waals surface area contributed by atoms with Crippen LogP contribution in [0.4, 0.5) is 0 Å². The van der Waals surface area contributed by atoms with Gasteiger partial charge in [0.15, 0.2) is 16.3 Å². The zero-order valence-electron chi connectivity index (χ0n) is 24.3. The fourth-order valence-electron chi connectivity index (χ4n) is 4.53. The molecule has 1 atom stereocenters. The van der Waals surface area contributed by atoms with E-state index in [1.807, 2.05) is 25.1 Å². The number of carbonyl (C=O) groups is 1. The number of allylic oxidation sites excluding steroid dienone is 1. The molecule has 228 valence electrons. The predicted molar refractivity (Wildman–Crippen MR) is 173 cm³/mol. The number of halogens is 2. The highest BCUT2D eigenvalue weighted by molar-refractivity contribution is 9.11. The minimum Gasteiger partial charge on any atom is -0.493 e. The molecule has 0 unspecified atom stereocenters. The average molecular weight is 736 g/mol. The summed E-state index contributed by atoms with van der Waals surface area (Å²) in [7, 11) is 3.08. The van der Waals surface area contributed by atoms with Crippen LogP contribution < -0.4 is 29.1 Å². The topological polar surface area (TPSA) is 97.6 Å². The summed E-state index contributed by atoms with van der Waals surface area (Å²) in [5.74, 6) is 0.975. The molecule has 0 bridgehead atoms. The van der Waals surface area contributed by atoms with Crippen molar-refractivity contribution in [1.29, 1.82) is 0 Å². The number of methoxy groups -OCH3 is 2. The van der Waals surface area contributed by atoms with Crippen LogP contribution >= 0.6 is 43.2 Å². The zero-order chi connectivity index (χ0) is 31.1. The van der Waals surface area contributed by atoms with Crippen molar-refractivity contribution >= 4 is 55.2 Å². The van der Waals surface area contributed by atoms with Crippen LogP contribution in [0.3, 0.4) is 0 Å². The molecule has 9 nitrogen and oxygen atoms in total. The summed E-state index contributed by atoms with van der Waals surface area (Å²) < 4.78 is 31.5. The first-order chi connectivity index (χ1) is 20.7. The molecule has 0 radical (unpaired) electrons. The van der Waals surface area contributed by atoms with E-state index in [9.17, 15) is 9.59 Å². The number of para-hydroxylation sites is 1. The summed E-state index contributed by atoms with van der Waals surface area (Å²) in [6, 6.07) is 8.26. The SMILES string of the molecule is C=CCOc1c(Br)cc(/C=c2/sc3n(c2=O)[C@H](c2cccc(OC)c2OCCC)C(C(=O)OCCOC)=C(C)N=3)cc1Br. The van der Waals surface area contributed by atoms with E-state index < -0.39 is 12.0 Å². The molecular weight excluding hydrogens is 704 g/mol. The molecule has 0 fully saturated rings. The Hall–Kier alpha value is -3.19. The molecule has 1 aliphatic rings. The highest BCUT2D eigenvalue weighted by Gasteiger charge is 2.36. The maximum Gasteiger partial charge on any atom is 0.338 e. The number of aromatic nitrogens is 1. The zero-order valence-corrected chi connectivity index (χ0v) is 28.3. The van der Waals surface area contributed by atoms with Gasteiger partial charge in [-0.1, -0.05) is 43.0 Å². The number of fused-ring (bicyclic) bond motifs is 1. The number of benzene rings is 2. The van der Waals surface area contributed by atoms with Gasteiger partial charge in [-0.15, -0.1) is 0 Å². The van der Waals surface area contributed by atoms with Gasteiger partial charge in [0.25, 0.3) is 5.56 Å². The first kappa shape index (κ1) is 32.7. The van der Waals surface area contributed by atoms with Gasteiger partial charge in [-0.2, -0.15) is 0 Å². The van der Waals surface area contributed by atoms with Gasteiger partial charge in [-0.25, -0.2) is 9.79 Å². The van der Waals surface area contributed by atoms with Gasteiger partial charge >= 0.3 is 5.97 Å². The van der Waals surface area contributed by atoms with E-state index in [-0.39, 0.29) is 24.3 Å². The minimum absolute atomic E-state index is 0.0524. The van der Waals surface area contributed by atoms with Crippen LogP contribution in [0.15, 0.2) is 73.0 Å². The maximum absolute atomic E-state index is 14.2. The van der Waals surface area contributed by atoms with E-state index in [1.165, 1.54) is 23.0 Å². The number of carbonyl (C=O) groups excluding carboxylic acids is 1. The maximum atomic E-state index is 14.2. The average Bonchev–Trinajstić information content (AvgIpc) is 3.28. The largest absolute Gasteiger partial charge is 0.493 e. The third-order valence-electron chi connectivity index (χ3n) is 6.40. The smallest absolute Gasteiger partial charge is 0.338 e. The second kappa shape index (κ2) is 15.0. The standard InChI is InChI=1S/C31H32Br2N2O7S/c1-6-11-40-27-20(9-8-10-23(27)39-5)26-25(30(37)42-14-13-38-4)18(3)34-31-35(26)29(36)24(43-31)17-19-15-21(32)28(22(33)16-19)41-12-7-2/h7-10,15-17,26H,2,6,11-14H2,1,3-5H3/b24-17+/t26-/m1/s1. The summed E-state index contributed by atoms with van der Waals surface area (Å²) in [5.41, 5.74) is 1.71. The van der Waals surface area contributed by atoms with Crippen molar-refractivity contribution in [2.24, 2.45) is 4.99 Å². The molecular formula is C31H32Br2N2O7S. The molecule has 0 N–H and O–H groups in total. The Labute approximate surface area is 270 Å². The van der Waals surface area contributed by atoms with Gasteiger partial charge in [-0.05, 0) is 75.0 Å². The van der Waals surface area contributed by atoms with Gasteiger partial charge in [0.05, 0.1) is 45.1 Å². The van der Waals surface area contributed by atoms with Gasteiger partial charge in [0.2, 0.25) is 0 Å². The van der Waals surface area contributed by atoms with Crippen molar-refractivity contribution in [2.45, 2.75) is 26.3 Å². The Kier molecular flexibility index (Phi) is 11.4. The van der Waals surface area contributed by atoms with Crippen LogP contribution in [-0.4, -0.2) is 51.2 Å². The molecule has 43 heavy (non-hydrogen) atoms. The van der Waals surface area contributed by atoms with Crippen LogP contribution in [0.2, 0.25) is 0 Å². The van der Waals surface area contributed by atoms with Crippen LogP contribution in [0.25, 0.3) is 6.08 Å². The second-order valence-electron chi connectivity index (χ2n) is 9.35. The summed E-state index contributed by atoms with van der Waals surface area (Å²) in [5, 5.41) is 0. The van der Waals surface area contributed by atoms with E-state index in [1.54, 1.807) is 38.3 Å². The first-order valence-electron chi connectivity index (χ1n) is 13.5. The molecule has 1 aliphatic heterocycles. The molecule has 0 aliphatic carbocycles. The Bertz CT molecular complexity index is 1710. The van der Waals surface area contributed by atoms with E-state index in [0.717, 1.165) is 12.0 Å². The summed E-state index contributed by atoms with van der Waals surface area (Å²) in [6.45, 7) is 8.47. The Morgan fingerprint density at radius 1 is 1.12 bits per heavy atom. The lowest BCUT2D eigenvalue weighted by Gasteiger charge is -2.27. The number of ether oxygens (including phenoxy) is 5. The fourth-order valence-corrected chi connectivity index (χ4v) is 7.03. The monoisotopic (exact) mass is 734 g/mol. The third kappa shape index (κ3) is 7.14. The number of esters is 1. The summed E-state index contributed by atoms with van der Waals surface area (Å²) >= 11 is 8.34. The summed E-state index contributed by atoms with van der Waals surface area (Å²) in [4.78, 5) is 32.8. The summed E-state index contributed by atoms with van der Waals surface area (Å²) in [6.07, 6.45) is 4.20. The predicted octanol–water partition coefficient (Wildman–Crippen LogP) is 5.31. The van der Waals surface area contributed by atoms with Crippen molar-refractivity contribution < 1.29 is 28.5 Å². The lowest BCUT2D eigenvalue weighted by atomic mass is 9.94. The Balaban J connectivity index is 1.93. The van der Waals surface area contributed by atoms with Gasteiger partial charge in [0.1, 0.15) is 25.0 Å². The Morgan fingerprint density at radius 3 is 2.51 bits per heavy atom. The van der Waals surface area contributed by atoms with Crippen LogP contribution in [-0.2, 0) is 14.3 Å². The first-order valence-corrected chi connectivity index (χ1v) is 15.9. The molecule has 12 heteroatoms. The van der Waals surface area contributed by atoms with E-state index in [2.05, 4.69) is 43.4 Å². The quantitative estimate of drug-likeness (QED) is 0.133. The van der Waals surface area contributed by atoms with Gasteiger partial charge in [0, 0.05) is 12.7 Å². The van der Waals surface area contributed by atoms with Crippen LogP contribution in [0, 0.1) is 0 Å². The lowest BCUT2D eigenvalue weighted by Crippen LogP contribution is -2.40. The van der Waals surface area contributed by atoms with Gasteiger partial charge < -0.3 is 23.7 Å². The van der Waals surface area contributed by atoms with Crippen molar-refractivity contribution in [3.05, 3.63) is 94.0 Å². The number of hydrogen-bond donors (Lipinski definition) is 0. The molecule has 1 aromatic heterocycles. The molecule has 0 saturated heterocycles. The normalized spacial score (nSPS) is 14.7. The number of thiazole rings is 1. The second-order valence-corrected chi connectivity index (χ2v) is 12.1. The number of rotatable bonds is 13. The van der Waals surface area contributed by atoms with Gasteiger partial charge in [-0.3, -0.25) is 9.36 Å². The molecule has 4 rings (SSSR count). The molecule has 0 spiro atoms. The lowest BCUT2D eigenvalue weighted by molar-refractivity contribution is -0.140. The fraction of sp³-hybridized carbons (Fsp3) is 0.323. The molecule has 2 heterocycles. The molecule has 3 aromatic rings. The molecule has 2 aromatic carbocycles. The van der Waals surface area contributed by atoms with Crippen LogP contribution in [0.5, 0.6) is 17.2 Å². The molecule has 0 saturated carbocycles. The Morgan fingerprint density at radius 2 is 1.86 bits per heavy atom. The highest BCUT2D eigenvalue weighted by atomic mass is 79.9. The van der Waals surface area contributed by atoms with Crippen molar-refractivity contribution in [1.82, 2.24) is 4.57 Å².